The van der Waals surface area contributed by atoms with Crippen LogP contribution in [0.3, 0.4) is 0 Å². The Kier molecular flexibility index (Phi) is 4.26. The molecule has 0 radical (unpaired) electrons. The van der Waals surface area contributed by atoms with Crippen molar-refractivity contribution in [2.24, 2.45) is 0 Å². The third-order valence-corrected chi connectivity index (χ3v) is 6.42. The zero-order valence-corrected chi connectivity index (χ0v) is 15.4. The Hall–Kier alpha value is -2.64. The van der Waals surface area contributed by atoms with Crippen molar-refractivity contribution in [1.82, 2.24) is 0 Å². The van der Waals surface area contributed by atoms with Crippen molar-refractivity contribution in [1.29, 1.82) is 0 Å². The molecule has 5 nitrogen and oxygen atoms in total. The van der Waals surface area contributed by atoms with Gasteiger partial charge in [-0.15, -0.1) is 11.3 Å². The number of anilines is 1. The van der Waals surface area contributed by atoms with E-state index in [0.717, 1.165) is 16.0 Å². The van der Waals surface area contributed by atoms with Crippen LogP contribution in [-0.4, -0.2) is 24.1 Å². The Morgan fingerprint density at radius 2 is 2.04 bits per heavy atom. The number of carbonyl (C=O) groups excluding carboxylic acids is 1. The highest BCUT2D eigenvalue weighted by Crippen LogP contribution is 2.49. The second-order valence-electron chi connectivity index (χ2n) is 5.94. The number of thiophene rings is 2. The molecule has 3 aromatic rings. The van der Waals surface area contributed by atoms with Gasteiger partial charge in [0, 0.05) is 22.8 Å². The van der Waals surface area contributed by atoms with E-state index in [0.29, 0.717) is 23.4 Å². The van der Waals surface area contributed by atoms with Crippen LogP contribution >= 0.6 is 22.7 Å². The predicted octanol–water partition coefficient (Wildman–Crippen LogP) is 4.66. The van der Waals surface area contributed by atoms with Gasteiger partial charge in [0.05, 0.1) is 12.8 Å². The van der Waals surface area contributed by atoms with Crippen LogP contribution in [0.2, 0.25) is 0 Å². The number of benzene rings is 1. The van der Waals surface area contributed by atoms with Gasteiger partial charge in [0.2, 0.25) is 5.91 Å². The minimum Gasteiger partial charge on any atom is -0.497 e. The second kappa shape index (κ2) is 6.59. The largest absolute Gasteiger partial charge is 0.497 e. The molecule has 0 unspecified atom stereocenters. The van der Waals surface area contributed by atoms with Crippen LogP contribution < -0.4 is 10.1 Å². The van der Waals surface area contributed by atoms with Crippen molar-refractivity contribution < 1.29 is 19.4 Å². The normalized spacial score (nSPS) is 16.0. The number of methoxy groups -OCH3 is 1. The lowest BCUT2D eigenvalue weighted by Crippen LogP contribution is -2.22. The molecule has 0 bridgehead atoms. The molecule has 0 saturated heterocycles. The third-order valence-electron chi connectivity index (χ3n) is 4.42. The fraction of sp³-hybridized carbons (Fsp3) is 0.158. The molecule has 2 aromatic heterocycles. The summed E-state index contributed by atoms with van der Waals surface area (Å²) in [7, 11) is 1.58. The van der Waals surface area contributed by atoms with E-state index >= 15 is 0 Å². The van der Waals surface area contributed by atoms with Gasteiger partial charge in [0.15, 0.2) is 0 Å². The van der Waals surface area contributed by atoms with E-state index in [2.05, 4.69) is 5.32 Å². The Morgan fingerprint density at radius 3 is 2.65 bits per heavy atom. The molecule has 7 heteroatoms. The van der Waals surface area contributed by atoms with E-state index in [1.807, 2.05) is 29.0 Å². The number of nitrogens with one attached hydrogen (secondary N) is 1. The van der Waals surface area contributed by atoms with Gasteiger partial charge in [-0.1, -0.05) is 12.1 Å². The van der Waals surface area contributed by atoms with Gasteiger partial charge in [0.1, 0.15) is 10.6 Å². The van der Waals surface area contributed by atoms with Crippen molar-refractivity contribution in [2.45, 2.75) is 12.3 Å². The van der Waals surface area contributed by atoms with Crippen LogP contribution in [0, 0.1) is 0 Å². The molecule has 0 saturated carbocycles. The maximum absolute atomic E-state index is 12.3. The van der Waals surface area contributed by atoms with Crippen LogP contribution in [-0.2, 0) is 4.79 Å². The fourth-order valence-corrected chi connectivity index (χ4v) is 5.17. The van der Waals surface area contributed by atoms with Crippen LogP contribution in [0.4, 0.5) is 5.69 Å². The van der Waals surface area contributed by atoms with Crippen LogP contribution in [0.25, 0.3) is 11.1 Å². The van der Waals surface area contributed by atoms with Crippen molar-refractivity contribution >= 4 is 40.2 Å². The highest BCUT2D eigenvalue weighted by molar-refractivity contribution is 7.15. The van der Waals surface area contributed by atoms with E-state index < -0.39 is 5.97 Å². The van der Waals surface area contributed by atoms with Crippen LogP contribution in [0.5, 0.6) is 5.75 Å². The van der Waals surface area contributed by atoms with Gasteiger partial charge < -0.3 is 15.2 Å². The number of hydrogen-bond donors (Lipinski definition) is 2. The number of ether oxygens (including phenoxy) is 1. The molecule has 1 amide bonds. The average molecular weight is 385 g/mol. The van der Waals surface area contributed by atoms with Gasteiger partial charge in [-0.2, -0.15) is 11.3 Å². The van der Waals surface area contributed by atoms with E-state index in [4.69, 9.17) is 4.74 Å². The molecule has 0 aliphatic carbocycles. The van der Waals surface area contributed by atoms with Crippen molar-refractivity contribution in [2.75, 3.05) is 12.4 Å². The first kappa shape index (κ1) is 16.8. The van der Waals surface area contributed by atoms with Crippen LogP contribution in [0.1, 0.15) is 32.5 Å². The number of hydrogen-bond acceptors (Lipinski definition) is 5. The summed E-state index contributed by atoms with van der Waals surface area (Å²) in [5.41, 5.74) is 2.97. The molecule has 4 rings (SSSR count). The predicted molar refractivity (Wildman–Crippen MR) is 103 cm³/mol. The summed E-state index contributed by atoms with van der Waals surface area (Å²) in [5, 5.41) is 16.6. The van der Waals surface area contributed by atoms with Crippen molar-refractivity contribution in [3.05, 3.63) is 56.4 Å². The Bertz CT molecular complexity index is 974. The second-order valence-corrected chi connectivity index (χ2v) is 7.77. The Balaban J connectivity index is 1.91. The van der Waals surface area contributed by atoms with E-state index in [9.17, 15) is 14.7 Å². The summed E-state index contributed by atoms with van der Waals surface area (Å²) >= 11 is 2.81. The fourth-order valence-electron chi connectivity index (χ4n) is 3.21. The van der Waals surface area contributed by atoms with Gasteiger partial charge >= 0.3 is 5.97 Å². The smallest absolute Gasteiger partial charge is 0.346 e. The monoisotopic (exact) mass is 385 g/mol. The van der Waals surface area contributed by atoms with Gasteiger partial charge in [0.25, 0.3) is 0 Å². The summed E-state index contributed by atoms with van der Waals surface area (Å²) in [6, 6.07) is 9.19. The quantitative estimate of drug-likeness (QED) is 0.685. The van der Waals surface area contributed by atoms with E-state index in [1.165, 1.54) is 11.3 Å². The maximum atomic E-state index is 12.3. The van der Waals surface area contributed by atoms with E-state index in [1.54, 1.807) is 30.6 Å². The molecular formula is C19H15NO4S2. The first-order valence-electron chi connectivity index (χ1n) is 7.95. The molecule has 26 heavy (non-hydrogen) atoms. The van der Waals surface area contributed by atoms with Gasteiger partial charge in [-0.05, 0) is 40.1 Å². The van der Waals surface area contributed by atoms with Crippen molar-refractivity contribution in [3.63, 3.8) is 0 Å². The number of rotatable bonds is 4. The molecule has 3 heterocycles. The molecule has 1 aromatic carbocycles. The van der Waals surface area contributed by atoms with E-state index in [-0.39, 0.29) is 16.7 Å². The molecule has 132 valence electrons. The lowest BCUT2D eigenvalue weighted by molar-refractivity contribution is -0.116. The summed E-state index contributed by atoms with van der Waals surface area (Å²) in [6.07, 6.45) is 0.325. The molecule has 0 spiro atoms. The number of aromatic carboxylic acids is 1. The van der Waals surface area contributed by atoms with Crippen molar-refractivity contribution in [3.8, 4) is 16.9 Å². The number of carboxylic acids is 1. The molecule has 0 fully saturated rings. The summed E-state index contributed by atoms with van der Waals surface area (Å²) in [5.74, 6) is -0.512. The summed E-state index contributed by atoms with van der Waals surface area (Å²) < 4.78 is 5.18. The molecule has 1 atom stereocenters. The first-order valence-corrected chi connectivity index (χ1v) is 9.70. The van der Waals surface area contributed by atoms with Gasteiger partial charge in [-0.25, -0.2) is 4.79 Å². The standard InChI is InChI=1S/C19H15NO4S2/c1-24-12-4-2-10(3-5-12)15-16-17(26-18(15)19(22)23)13(8-14(21)20-16)11-6-7-25-9-11/h2-7,9,13H,8H2,1H3,(H,20,21)(H,22,23)/t13-/m0/s1. The minimum absolute atomic E-state index is 0.0989. The highest BCUT2D eigenvalue weighted by atomic mass is 32.1. The molecule has 1 aliphatic rings. The molecule has 2 N–H and O–H groups in total. The Labute approximate surface area is 157 Å². The SMILES string of the molecule is COc1ccc(-c2c(C(=O)O)sc3c2NC(=O)C[C@H]3c2ccsc2)cc1. The first-order chi connectivity index (χ1) is 12.6. The lowest BCUT2D eigenvalue weighted by Gasteiger charge is -2.23. The number of amides is 1. The highest BCUT2D eigenvalue weighted by Gasteiger charge is 2.34. The van der Waals surface area contributed by atoms with Crippen LogP contribution in [0.15, 0.2) is 41.1 Å². The summed E-state index contributed by atoms with van der Waals surface area (Å²) in [4.78, 5) is 25.3. The molecule has 1 aliphatic heterocycles. The molecular weight excluding hydrogens is 370 g/mol. The third kappa shape index (κ3) is 2.79. The zero-order chi connectivity index (χ0) is 18.3. The average Bonchev–Trinajstić information content (AvgIpc) is 3.29. The number of carboxylic acid groups (broad SMARTS) is 1. The zero-order valence-electron chi connectivity index (χ0n) is 13.8. The number of fused-ring (bicyclic) bond motifs is 1. The summed E-state index contributed by atoms with van der Waals surface area (Å²) in [6.45, 7) is 0. The topological polar surface area (TPSA) is 75.6 Å². The minimum atomic E-state index is -0.992. The van der Waals surface area contributed by atoms with Gasteiger partial charge in [-0.3, -0.25) is 4.79 Å². The number of carbonyl (C=O) groups is 2. The maximum Gasteiger partial charge on any atom is 0.346 e. The lowest BCUT2D eigenvalue weighted by atomic mass is 9.90. The Morgan fingerprint density at radius 1 is 1.27 bits per heavy atom.